The summed E-state index contributed by atoms with van der Waals surface area (Å²) in [6.07, 6.45) is 1.67. The molecule has 0 aliphatic rings. The van der Waals surface area contributed by atoms with Gasteiger partial charge in [0.05, 0.1) is 14.2 Å². The van der Waals surface area contributed by atoms with Gasteiger partial charge in [-0.15, -0.1) is 24.3 Å². The Hall–Kier alpha value is -6.68. The van der Waals surface area contributed by atoms with Crippen molar-refractivity contribution in [2.75, 3.05) is 14.2 Å². The largest absolute Gasteiger partial charge is 0.554 e. The molecule has 0 fully saturated rings. The third-order valence-electron chi connectivity index (χ3n) is 8.60. The molecule has 11 heteroatoms. The molecule has 3 aromatic heterocycles. The molecule has 0 bridgehead atoms. The van der Waals surface area contributed by atoms with E-state index in [1.54, 1.807) is 42.1 Å². The monoisotopic (exact) mass is 886 g/mol. The SMILES string of the molecule is COc1c[c-]c(-n2nc3ccccc3n2)c2ccccc12.COc1c[c-]c(-n2nc3ccccc3n2)c2ccccc12.Oc1cccc2cccnc12.[Ir]. The number of pyridine rings is 1. The van der Waals surface area contributed by atoms with Crippen molar-refractivity contribution in [1.82, 2.24) is 35.0 Å². The van der Waals surface area contributed by atoms with Gasteiger partial charge in [-0.2, -0.15) is 42.1 Å². The minimum atomic E-state index is 0. The number of benzene rings is 7. The average Bonchev–Trinajstić information content (AvgIpc) is 3.86. The smallest absolute Gasteiger partial charge is 0.141 e. The van der Waals surface area contributed by atoms with E-state index in [0.717, 1.165) is 71.9 Å². The van der Waals surface area contributed by atoms with E-state index in [0.29, 0.717) is 5.52 Å². The number of fused-ring (bicyclic) bond motifs is 5. The van der Waals surface area contributed by atoms with Gasteiger partial charge in [0.25, 0.3) is 0 Å². The number of para-hydroxylation sites is 1. The van der Waals surface area contributed by atoms with Crippen molar-refractivity contribution in [3.05, 3.63) is 158 Å². The summed E-state index contributed by atoms with van der Waals surface area (Å²) >= 11 is 0. The van der Waals surface area contributed by atoms with Gasteiger partial charge in [0.2, 0.25) is 0 Å². The molecule has 0 saturated heterocycles. The summed E-state index contributed by atoms with van der Waals surface area (Å²) in [6.45, 7) is 0. The first-order valence-electron chi connectivity index (χ1n) is 16.7. The van der Waals surface area contributed by atoms with Crippen LogP contribution in [0.15, 0.2) is 146 Å². The van der Waals surface area contributed by atoms with Gasteiger partial charge in [-0.1, -0.05) is 100 Å². The third-order valence-corrected chi connectivity index (χ3v) is 8.60. The molecule has 7 aromatic carbocycles. The van der Waals surface area contributed by atoms with Gasteiger partial charge in [-0.3, -0.25) is 4.98 Å². The predicted octanol–water partition coefficient (Wildman–Crippen LogP) is 8.70. The molecule has 267 valence electrons. The molecule has 0 unspecified atom stereocenters. The van der Waals surface area contributed by atoms with Crippen molar-refractivity contribution in [1.29, 1.82) is 0 Å². The van der Waals surface area contributed by atoms with Crippen LogP contribution in [0.25, 0.3) is 65.9 Å². The van der Waals surface area contributed by atoms with Crippen LogP contribution in [0, 0.1) is 12.1 Å². The van der Waals surface area contributed by atoms with Crippen LogP contribution in [-0.2, 0) is 20.1 Å². The van der Waals surface area contributed by atoms with Crippen LogP contribution in [-0.4, -0.2) is 54.3 Å². The van der Waals surface area contributed by atoms with E-state index >= 15 is 0 Å². The van der Waals surface area contributed by atoms with Crippen molar-refractivity contribution in [2.24, 2.45) is 0 Å². The minimum absolute atomic E-state index is 0. The summed E-state index contributed by atoms with van der Waals surface area (Å²) in [7, 11) is 3.32. The first-order valence-corrected chi connectivity index (χ1v) is 16.7. The number of aromatic hydroxyl groups is 1. The first-order chi connectivity index (χ1) is 26.1. The maximum Gasteiger partial charge on any atom is 0.141 e. The molecule has 0 saturated carbocycles. The molecule has 54 heavy (non-hydrogen) atoms. The molecule has 10 aromatic rings. The molecular weight excluding hydrogens is 855 g/mol. The fraction of sp³-hybridized carbons (Fsp3) is 0.0465. The van der Waals surface area contributed by atoms with Gasteiger partial charge in [-0.05, 0) is 47.8 Å². The van der Waals surface area contributed by atoms with Crippen molar-refractivity contribution >= 4 is 54.5 Å². The van der Waals surface area contributed by atoms with Crippen LogP contribution in [0.3, 0.4) is 0 Å². The second kappa shape index (κ2) is 15.9. The molecule has 0 amide bonds. The fourth-order valence-corrected chi connectivity index (χ4v) is 6.06. The average molecular weight is 886 g/mol. The Bertz CT molecular complexity index is 2640. The van der Waals surface area contributed by atoms with Gasteiger partial charge >= 0.3 is 0 Å². The van der Waals surface area contributed by atoms with Gasteiger partial charge in [0, 0.05) is 43.2 Å². The summed E-state index contributed by atoms with van der Waals surface area (Å²) < 4.78 is 10.8. The fourth-order valence-electron chi connectivity index (χ4n) is 6.06. The Morgan fingerprint density at radius 3 is 1.33 bits per heavy atom. The molecule has 1 N–H and O–H groups in total. The number of hydrogen-bond donors (Lipinski definition) is 1. The van der Waals surface area contributed by atoms with E-state index in [9.17, 15) is 5.11 Å². The number of phenols is 1. The molecular formula is C43H31IrN7O3-2. The summed E-state index contributed by atoms with van der Waals surface area (Å²) in [5.41, 5.74) is 5.77. The van der Waals surface area contributed by atoms with Gasteiger partial charge in [0.1, 0.15) is 33.3 Å². The first kappa shape index (κ1) is 35.7. The Balaban J connectivity index is 0.000000130. The van der Waals surface area contributed by atoms with Gasteiger partial charge in [-0.25, -0.2) is 0 Å². The summed E-state index contributed by atoms with van der Waals surface area (Å²) in [5.74, 6) is 1.83. The number of phenolic OH excluding ortho intramolecular Hbond substituents is 1. The number of hydrogen-bond acceptors (Lipinski definition) is 8. The molecule has 3 heterocycles. The van der Waals surface area contributed by atoms with Crippen LogP contribution in [0.4, 0.5) is 0 Å². The number of nitrogens with zero attached hydrogens (tertiary/aromatic N) is 7. The van der Waals surface area contributed by atoms with E-state index in [2.05, 4.69) is 37.5 Å². The van der Waals surface area contributed by atoms with E-state index in [1.807, 2.05) is 127 Å². The normalized spacial score (nSPS) is 10.7. The number of rotatable bonds is 4. The van der Waals surface area contributed by atoms with E-state index in [-0.39, 0.29) is 25.9 Å². The van der Waals surface area contributed by atoms with Crippen LogP contribution in [0.5, 0.6) is 17.2 Å². The van der Waals surface area contributed by atoms with Crippen LogP contribution >= 0.6 is 0 Å². The predicted molar refractivity (Wildman–Crippen MR) is 207 cm³/mol. The Morgan fingerprint density at radius 2 is 0.907 bits per heavy atom. The summed E-state index contributed by atoms with van der Waals surface area (Å²) in [5, 5.41) is 32.4. The van der Waals surface area contributed by atoms with Crippen molar-refractivity contribution in [2.45, 2.75) is 0 Å². The molecule has 0 atom stereocenters. The second-order valence-corrected chi connectivity index (χ2v) is 11.8. The van der Waals surface area contributed by atoms with Crippen LogP contribution < -0.4 is 9.47 Å². The van der Waals surface area contributed by atoms with Crippen molar-refractivity contribution < 1.29 is 34.7 Å². The van der Waals surface area contributed by atoms with Gasteiger partial charge in [0.15, 0.2) is 0 Å². The molecule has 1 radical (unpaired) electrons. The Kier molecular flexibility index (Phi) is 10.5. The zero-order valence-electron chi connectivity index (χ0n) is 29.1. The minimum Gasteiger partial charge on any atom is -0.554 e. The quantitative estimate of drug-likeness (QED) is 0.175. The molecule has 10 nitrogen and oxygen atoms in total. The second-order valence-electron chi connectivity index (χ2n) is 11.8. The topological polar surface area (TPSA) is 113 Å². The molecule has 0 spiro atoms. The van der Waals surface area contributed by atoms with Gasteiger partial charge < -0.3 is 14.6 Å². The van der Waals surface area contributed by atoms with E-state index < -0.39 is 0 Å². The van der Waals surface area contributed by atoms with Crippen LogP contribution in [0.2, 0.25) is 0 Å². The van der Waals surface area contributed by atoms with E-state index in [4.69, 9.17) is 9.47 Å². The van der Waals surface area contributed by atoms with E-state index in [1.165, 1.54) is 0 Å². The number of ether oxygens (including phenoxy) is 2. The molecule has 10 rings (SSSR count). The number of methoxy groups -OCH3 is 2. The molecule has 0 aliphatic carbocycles. The zero-order chi connectivity index (χ0) is 36.1. The van der Waals surface area contributed by atoms with Crippen LogP contribution in [0.1, 0.15) is 0 Å². The standard InChI is InChI=1S/2C17H12N3O.C9H7NO.Ir/c2*1-21-17-11-10-16(12-6-2-3-7-13(12)17)20-18-14-8-4-5-9-15(14)19-20;11-8-5-1-3-7-4-2-6-10-9(7)8;/h2*2-9,11H,1H3;1-6,11H;/q2*-1;;. The zero-order valence-corrected chi connectivity index (χ0v) is 31.5. The molecule has 0 aliphatic heterocycles. The van der Waals surface area contributed by atoms with Crippen molar-refractivity contribution in [3.8, 4) is 28.6 Å². The summed E-state index contributed by atoms with van der Waals surface area (Å²) in [6, 6.07) is 50.9. The Morgan fingerprint density at radius 1 is 0.500 bits per heavy atom. The Labute approximate surface area is 323 Å². The third kappa shape index (κ3) is 7.06. The van der Waals surface area contributed by atoms with Crippen molar-refractivity contribution in [3.63, 3.8) is 0 Å². The maximum atomic E-state index is 9.31. The maximum absolute atomic E-state index is 9.31. The number of aromatic nitrogens is 7. The summed E-state index contributed by atoms with van der Waals surface area (Å²) in [4.78, 5) is 7.29.